The van der Waals surface area contributed by atoms with Gasteiger partial charge in [0.1, 0.15) is 0 Å². The van der Waals surface area contributed by atoms with Crippen LogP contribution in [0.5, 0.6) is 0 Å². The first-order valence-electron chi connectivity index (χ1n) is 6.17. The van der Waals surface area contributed by atoms with Crippen LogP contribution in [0.2, 0.25) is 0 Å². The van der Waals surface area contributed by atoms with Crippen molar-refractivity contribution < 1.29 is 0 Å². The number of hydrogen-bond donors (Lipinski definition) is 2. The van der Waals surface area contributed by atoms with Gasteiger partial charge in [0, 0.05) is 12.0 Å². The maximum atomic E-state index is 11.9. The lowest BCUT2D eigenvalue weighted by molar-refractivity contribution is 0.723. The number of rotatable bonds is 3. The van der Waals surface area contributed by atoms with Crippen molar-refractivity contribution in [3.63, 3.8) is 0 Å². The van der Waals surface area contributed by atoms with Gasteiger partial charge in [-0.25, -0.2) is 9.47 Å². The van der Waals surface area contributed by atoms with E-state index in [1.54, 1.807) is 0 Å². The van der Waals surface area contributed by atoms with E-state index in [4.69, 9.17) is 5.84 Å². The van der Waals surface area contributed by atoms with Gasteiger partial charge in [-0.3, -0.25) is 9.78 Å². The van der Waals surface area contributed by atoms with Crippen LogP contribution in [-0.4, -0.2) is 9.66 Å². The van der Waals surface area contributed by atoms with Gasteiger partial charge in [-0.2, -0.15) is 0 Å². The van der Waals surface area contributed by atoms with Crippen LogP contribution in [0.3, 0.4) is 0 Å². The van der Waals surface area contributed by atoms with E-state index in [0.717, 1.165) is 10.2 Å². The molecule has 2 rings (SSSR count). The SMILES string of the molecule is CC(C)c1c(Cc2ccccc2)n(N)c(=O)[nH]c1=O. The Kier molecular flexibility index (Phi) is 3.55. The van der Waals surface area contributed by atoms with Gasteiger partial charge in [-0.05, 0) is 11.5 Å². The quantitative estimate of drug-likeness (QED) is 0.806. The third-order valence-electron chi connectivity index (χ3n) is 3.08. The van der Waals surface area contributed by atoms with Crippen LogP contribution in [0.1, 0.15) is 36.6 Å². The molecule has 0 aliphatic carbocycles. The molecule has 3 N–H and O–H groups in total. The molecule has 19 heavy (non-hydrogen) atoms. The van der Waals surface area contributed by atoms with E-state index in [2.05, 4.69) is 4.98 Å². The Bertz CT molecular complexity index is 684. The number of nitrogens with two attached hydrogens (primary N) is 1. The minimum absolute atomic E-state index is 0.00198. The lowest BCUT2D eigenvalue weighted by Crippen LogP contribution is -2.40. The van der Waals surface area contributed by atoms with Gasteiger partial charge >= 0.3 is 5.69 Å². The molecule has 0 radical (unpaired) electrons. The van der Waals surface area contributed by atoms with Crippen LogP contribution in [0.25, 0.3) is 0 Å². The number of H-pyrrole nitrogens is 1. The molecule has 0 saturated carbocycles. The number of aromatic nitrogens is 2. The predicted octanol–water partition coefficient (Wildman–Crippen LogP) is 0.965. The maximum Gasteiger partial charge on any atom is 0.346 e. The Balaban J connectivity index is 2.61. The average molecular weight is 259 g/mol. The second-order valence-corrected chi connectivity index (χ2v) is 4.81. The molecule has 0 aliphatic rings. The van der Waals surface area contributed by atoms with Crippen molar-refractivity contribution in [1.29, 1.82) is 0 Å². The van der Waals surface area contributed by atoms with E-state index in [1.165, 1.54) is 0 Å². The first-order chi connectivity index (χ1) is 9.00. The predicted molar refractivity (Wildman–Crippen MR) is 74.8 cm³/mol. The second-order valence-electron chi connectivity index (χ2n) is 4.81. The molecule has 0 saturated heterocycles. The number of nitrogen functional groups attached to an aromatic ring is 1. The molecular formula is C14H17N3O2. The molecule has 100 valence electrons. The van der Waals surface area contributed by atoms with Crippen molar-refractivity contribution in [2.45, 2.75) is 26.2 Å². The summed E-state index contributed by atoms with van der Waals surface area (Å²) in [6, 6.07) is 9.62. The van der Waals surface area contributed by atoms with Gasteiger partial charge < -0.3 is 5.84 Å². The van der Waals surface area contributed by atoms with Crippen molar-refractivity contribution in [2.24, 2.45) is 0 Å². The van der Waals surface area contributed by atoms with Crippen LogP contribution in [0.15, 0.2) is 39.9 Å². The van der Waals surface area contributed by atoms with Gasteiger partial charge in [0.05, 0.1) is 5.69 Å². The Labute approximate surface area is 110 Å². The minimum Gasteiger partial charge on any atom is -0.335 e. The number of hydrogen-bond acceptors (Lipinski definition) is 3. The normalized spacial score (nSPS) is 10.9. The van der Waals surface area contributed by atoms with Crippen molar-refractivity contribution in [2.75, 3.05) is 5.84 Å². The smallest absolute Gasteiger partial charge is 0.335 e. The lowest BCUT2D eigenvalue weighted by Gasteiger charge is -2.14. The van der Waals surface area contributed by atoms with Crippen LogP contribution in [0.4, 0.5) is 0 Å². The molecule has 0 spiro atoms. The topological polar surface area (TPSA) is 80.9 Å². The molecule has 0 atom stereocenters. The highest BCUT2D eigenvalue weighted by atomic mass is 16.2. The van der Waals surface area contributed by atoms with Crippen LogP contribution in [-0.2, 0) is 6.42 Å². The molecule has 0 unspecified atom stereocenters. The Morgan fingerprint density at radius 1 is 1.21 bits per heavy atom. The van der Waals surface area contributed by atoms with E-state index < -0.39 is 5.69 Å². The van der Waals surface area contributed by atoms with Crippen molar-refractivity contribution in [3.05, 3.63) is 68.0 Å². The van der Waals surface area contributed by atoms with Gasteiger partial charge in [0.2, 0.25) is 0 Å². The summed E-state index contributed by atoms with van der Waals surface area (Å²) in [5.41, 5.74) is 1.20. The summed E-state index contributed by atoms with van der Waals surface area (Å²) in [6.07, 6.45) is 0.462. The van der Waals surface area contributed by atoms with Gasteiger partial charge in [0.15, 0.2) is 0 Å². The fraction of sp³-hybridized carbons (Fsp3) is 0.286. The number of aromatic amines is 1. The highest BCUT2D eigenvalue weighted by molar-refractivity contribution is 5.28. The second kappa shape index (κ2) is 5.14. The van der Waals surface area contributed by atoms with E-state index in [9.17, 15) is 9.59 Å². The summed E-state index contributed by atoms with van der Waals surface area (Å²) in [5.74, 6) is 5.77. The first-order valence-corrected chi connectivity index (χ1v) is 6.17. The summed E-state index contributed by atoms with van der Waals surface area (Å²) < 4.78 is 1.03. The Hall–Kier alpha value is -2.30. The summed E-state index contributed by atoms with van der Waals surface area (Å²) in [4.78, 5) is 25.8. The molecule has 5 heteroatoms. The molecule has 5 nitrogen and oxygen atoms in total. The van der Waals surface area contributed by atoms with Crippen LogP contribution < -0.4 is 17.1 Å². The Morgan fingerprint density at radius 3 is 2.42 bits per heavy atom. The summed E-state index contributed by atoms with van der Waals surface area (Å²) in [6.45, 7) is 3.81. The molecule has 1 heterocycles. The fourth-order valence-electron chi connectivity index (χ4n) is 2.17. The number of nitrogens with one attached hydrogen (secondary N) is 1. The molecule has 0 aliphatic heterocycles. The van der Waals surface area contributed by atoms with Gasteiger partial charge in [-0.1, -0.05) is 44.2 Å². The summed E-state index contributed by atoms with van der Waals surface area (Å²) in [7, 11) is 0. The van der Waals surface area contributed by atoms with Crippen LogP contribution in [0, 0.1) is 0 Å². The average Bonchev–Trinajstić information content (AvgIpc) is 2.36. The van der Waals surface area contributed by atoms with E-state index in [0.29, 0.717) is 17.7 Å². The van der Waals surface area contributed by atoms with Crippen molar-refractivity contribution >= 4 is 0 Å². The lowest BCUT2D eigenvalue weighted by atomic mass is 9.98. The van der Waals surface area contributed by atoms with Crippen LogP contribution >= 0.6 is 0 Å². The summed E-state index contributed by atoms with van der Waals surface area (Å²) in [5, 5.41) is 0. The van der Waals surface area contributed by atoms with E-state index in [-0.39, 0.29) is 11.5 Å². The minimum atomic E-state index is -0.583. The van der Waals surface area contributed by atoms with Crippen molar-refractivity contribution in [3.8, 4) is 0 Å². The molecule has 1 aromatic carbocycles. The molecule has 1 aromatic heterocycles. The Morgan fingerprint density at radius 2 is 1.84 bits per heavy atom. The van der Waals surface area contributed by atoms with Gasteiger partial charge in [0.25, 0.3) is 5.56 Å². The summed E-state index contributed by atoms with van der Waals surface area (Å²) >= 11 is 0. The van der Waals surface area contributed by atoms with E-state index in [1.807, 2.05) is 44.2 Å². The fourth-order valence-corrected chi connectivity index (χ4v) is 2.17. The number of nitrogens with zero attached hydrogens (tertiary/aromatic N) is 1. The standard InChI is InChI=1S/C14H17N3O2/c1-9(2)12-11(8-10-6-4-3-5-7-10)17(15)14(19)16-13(12)18/h3-7,9H,8,15H2,1-2H3,(H,16,18,19). The molecule has 2 aromatic rings. The maximum absolute atomic E-state index is 11.9. The zero-order valence-electron chi connectivity index (χ0n) is 11.0. The zero-order valence-corrected chi connectivity index (χ0v) is 11.0. The highest BCUT2D eigenvalue weighted by Crippen LogP contribution is 2.16. The third-order valence-corrected chi connectivity index (χ3v) is 3.08. The number of benzene rings is 1. The molecule has 0 bridgehead atoms. The first kappa shape index (κ1) is 13.1. The molecule has 0 amide bonds. The third kappa shape index (κ3) is 2.59. The van der Waals surface area contributed by atoms with Gasteiger partial charge in [-0.15, -0.1) is 0 Å². The largest absolute Gasteiger partial charge is 0.346 e. The zero-order chi connectivity index (χ0) is 14.0. The molecular weight excluding hydrogens is 242 g/mol. The highest BCUT2D eigenvalue weighted by Gasteiger charge is 2.16. The molecule has 0 fully saturated rings. The van der Waals surface area contributed by atoms with Crippen molar-refractivity contribution in [1.82, 2.24) is 9.66 Å². The van der Waals surface area contributed by atoms with E-state index >= 15 is 0 Å². The monoisotopic (exact) mass is 259 g/mol.